The quantitative estimate of drug-likeness (QED) is 0.403. The Morgan fingerprint density at radius 3 is 2.35 bits per heavy atom. The summed E-state index contributed by atoms with van der Waals surface area (Å²) in [4.78, 5) is 21.8. The van der Waals surface area contributed by atoms with Crippen molar-refractivity contribution in [2.45, 2.75) is 58.3 Å². The first-order valence-corrected chi connectivity index (χ1v) is 8.53. The lowest BCUT2D eigenvalue weighted by Gasteiger charge is -2.06. The average molecular weight is 319 g/mol. The van der Waals surface area contributed by atoms with Gasteiger partial charge in [-0.05, 0) is 49.8 Å². The summed E-state index contributed by atoms with van der Waals surface area (Å²) >= 11 is 0. The molecule has 0 saturated carbocycles. The van der Waals surface area contributed by atoms with Crippen LogP contribution in [0.2, 0.25) is 0 Å². The van der Waals surface area contributed by atoms with Gasteiger partial charge in [-0.25, -0.2) is 9.59 Å². The summed E-state index contributed by atoms with van der Waals surface area (Å²) in [6, 6.07) is 7.61. The van der Waals surface area contributed by atoms with Crippen molar-refractivity contribution in [2.24, 2.45) is 0 Å². The van der Waals surface area contributed by atoms with E-state index in [4.69, 9.17) is 4.74 Å². The van der Waals surface area contributed by atoms with E-state index >= 15 is 0 Å². The van der Waals surface area contributed by atoms with Crippen LogP contribution in [0, 0.1) is 0 Å². The van der Waals surface area contributed by atoms with Crippen LogP contribution in [0.4, 0.5) is 0 Å². The highest BCUT2D eigenvalue weighted by atomic mass is 16.5. The van der Waals surface area contributed by atoms with Crippen LogP contribution in [-0.2, 0) is 20.7 Å². The molecular formula is C19H27O4. The van der Waals surface area contributed by atoms with Gasteiger partial charge < -0.3 is 9.47 Å². The Bertz CT molecular complexity index is 439. The van der Waals surface area contributed by atoms with E-state index in [0.717, 1.165) is 38.5 Å². The zero-order chi connectivity index (χ0) is 16.8. The number of aryl methyl sites for hydroxylation is 1. The molecule has 0 unspecified atom stereocenters. The first-order valence-electron chi connectivity index (χ1n) is 8.53. The van der Waals surface area contributed by atoms with Crippen LogP contribution in [0.25, 0.3) is 0 Å². The summed E-state index contributed by atoms with van der Waals surface area (Å²) in [5, 5.41) is 0. The molecule has 0 N–H and O–H groups in total. The lowest BCUT2D eigenvalue weighted by Crippen LogP contribution is -2.06. The summed E-state index contributed by atoms with van der Waals surface area (Å²) in [6.07, 6.45) is 8.26. The molecule has 0 heterocycles. The van der Waals surface area contributed by atoms with E-state index in [-0.39, 0.29) is 5.97 Å². The minimum Gasteiger partial charge on any atom is -0.462 e. The van der Waals surface area contributed by atoms with Gasteiger partial charge in [-0.1, -0.05) is 38.3 Å². The maximum absolute atomic E-state index is 11.9. The lowest BCUT2D eigenvalue weighted by atomic mass is 10.1. The van der Waals surface area contributed by atoms with E-state index in [1.165, 1.54) is 24.9 Å². The topological polar surface area (TPSA) is 52.6 Å². The number of hydrogen-bond acceptors (Lipinski definition) is 4. The zero-order valence-electron chi connectivity index (χ0n) is 14.0. The molecule has 0 saturated heterocycles. The molecule has 127 valence electrons. The van der Waals surface area contributed by atoms with Gasteiger partial charge in [0.15, 0.2) is 0 Å². The van der Waals surface area contributed by atoms with Gasteiger partial charge in [-0.3, -0.25) is 0 Å². The molecule has 0 bridgehead atoms. The Hall–Kier alpha value is -1.84. The van der Waals surface area contributed by atoms with E-state index in [9.17, 15) is 9.59 Å². The van der Waals surface area contributed by atoms with Gasteiger partial charge in [0.1, 0.15) is 0 Å². The van der Waals surface area contributed by atoms with Crippen LogP contribution < -0.4 is 0 Å². The minimum atomic E-state index is -0.240. The van der Waals surface area contributed by atoms with Crippen molar-refractivity contribution in [1.82, 2.24) is 0 Å². The van der Waals surface area contributed by atoms with Crippen LogP contribution in [0.3, 0.4) is 0 Å². The fourth-order valence-electron chi connectivity index (χ4n) is 2.31. The molecule has 0 amide bonds. The van der Waals surface area contributed by atoms with Gasteiger partial charge in [-0.15, -0.1) is 0 Å². The first-order chi connectivity index (χ1) is 11.3. The molecular weight excluding hydrogens is 292 g/mol. The van der Waals surface area contributed by atoms with Gasteiger partial charge >= 0.3 is 12.4 Å². The molecule has 4 nitrogen and oxygen atoms in total. The third-order valence-corrected chi connectivity index (χ3v) is 3.69. The largest absolute Gasteiger partial charge is 0.462 e. The highest BCUT2D eigenvalue weighted by Gasteiger charge is 2.06. The molecule has 23 heavy (non-hydrogen) atoms. The third kappa shape index (κ3) is 9.01. The molecule has 1 rings (SSSR count). The Balaban J connectivity index is 2.21. The Kier molecular flexibility index (Phi) is 10.6. The number of carbonyl (C=O) groups is 1. The summed E-state index contributed by atoms with van der Waals surface area (Å²) < 4.78 is 9.79. The van der Waals surface area contributed by atoms with Gasteiger partial charge in [0, 0.05) is 0 Å². The zero-order valence-corrected chi connectivity index (χ0v) is 14.0. The number of hydrogen-bond donors (Lipinski definition) is 0. The Morgan fingerprint density at radius 2 is 1.65 bits per heavy atom. The van der Waals surface area contributed by atoms with Gasteiger partial charge in [-0.2, -0.15) is 0 Å². The summed E-state index contributed by atoms with van der Waals surface area (Å²) in [6.45, 7) is 4.52. The molecule has 4 heteroatoms. The number of benzene rings is 1. The Morgan fingerprint density at radius 1 is 0.957 bits per heavy atom. The van der Waals surface area contributed by atoms with E-state index in [1.807, 2.05) is 24.3 Å². The molecule has 0 aromatic heterocycles. The van der Waals surface area contributed by atoms with Crippen LogP contribution >= 0.6 is 0 Å². The molecule has 0 aliphatic carbocycles. The monoisotopic (exact) mass is 319 g/mol. The number of carbonyl (C=O) groups excluding carboxylic acids is 2. The second-order valence-corrected chi connectivity index (χ2v) is 5.64. The molecule has 0 aliphatic heterocycles. The van der Waals surface area contributed by atoms with Crippen molar-refractivity contribution < 1.29 is 19.1 Å². The Labute approximate surface area is 139 Å². The van der Waals surface area contributed by atoms with Gasteiger partial charge in [0.2, 0.25) is 0 Å². The maximum atomic E-state index is 11.9. The molecule has 0 aliphatic rings. The number of rotatable bonds is 13. The normalized spacial score (nSPS) is 10.3. The molecule has 0 atom stereocenters. The first kappa shape index (κ1) is 19.2. The molecule has 0 spiro atoms. The molecule has 1 aromatic carbocycles. The van der Waals surface area contributed by atoms with Crippen LogP contribution in [0.1, 0.15) is 67.8 Å². The smallest absolute Gasteiger partial charge is 0.417 e. The van der Waals surface area contributed by atoms with Gasteiger partial charge in [0.25, 0.3) is 0 Å². The van der Waals surface area contributed by atoms with Crippen molar-refractivity contribution in [3.05, 3.63) is 35.4 Å². The SMILES string of the molecule is CCCCCCOC(=O)c1ccc(CCCCCO[C]=O)cc1. The number of ether oxygens (including phenoxy) is 2. The van der Waals surface area contributed by atoms with Gasteiger partial charge in [0.05, 0.1) is 18.8 Å². The summed E-state index contributed by atoms with van der Waals surface area (Å²) in [5.41, 5.74) is 1.81. The third-order valence-electron chi connectivity index (χ3n) is 3.69. The average Bonchev–Trinajstić information content (AvgIpc) is 2.58. The van der Waals surface area contributed by atoms with Crippen LogP contribution in [-0.4, -0.2) is 25.7 Å². The van der Waals surface area contributed by atoms with E-state index < -0.39 is 0 Å². The minimum absolute atomic E-state index is 0.240. The fourth-order valence-corrected chi connectivity index (χ4v) is 2.31. The van der Waals surface area contributed by atoms with Crippen LogP contribution in [0.5, 0.6) is 0 Å². The lowest BCUT2D eigenvalue weighted by molar-refractivity contribution is 0.0498. The number of unbranched alkanes of at least 4 members (excludes halogenated alkanes) is 5. The molecule has 1 radical (unpaired) electrons. The predicted molar refractivity (Wildman–Crippen MR) is 90.1 cm³/mol. The summed E-state index contributed by atoms with van der Waals surface area (Å²) in [7, 11) is 0. The molecule has 1 aromatic rings. The van der Waals surface area contributed by atoms with Crippen molar-refractivity contribution in [3.8, 4) is 0 Å². The van der Waals surface area contributed by atoms with E-state index in [1.54, 1.807) is 0 Å². The highest BCUT2D eigenvalue weighted by molar-refractivity contribution is 5.89. The van der Waals surface area contributed by atoms with E-state index in [0.29, 0.717) is 18.8 Å². The maximum Gasteiger partial charge on any atom is 0.417 e. The van der Waals surface area contributed by atoms with E-state index in [2.05, 4.69) is 11.7 Å². The standard InChI is InChI=1S/C19H27O4/c1-2-3-4-8-15-23-19(21)18-12-10-17(11-13-18)9-6-5-7-14-22-16-20/h10-13H,2-9,14-15H2,1H3. The van der Waals surface area contributed by atoms with Crippen molar-refractivity contribution >= 4 is 12.4 Å². The van der Waals surface area contributed by atoms with Crippen molar-refractivity contribution in [3.63, 3.8) is 0 Å². The fraction of sp³-hybridized carbons (Fsp3) is 0.579. The van der Waals surface area contributed by atoms with Crippen LogP contribution in [0.15, 0.2) is 24.3 Å². The number of esters is 1. The molecule has 0 fully saturated rings. The summed E-state index contributed by atoms with van der Waals surface area (Å²) in [5.74, 6) is -0.240. The van der Waals surface area contributed by atoms with Crippen molar-refractivity contribution in [2.75, 3.05) is 13.2 Å². The highest BCUT2D eigenvalue weighted by Crippen LogP contribution is 2.10. The van der Waals surface area contributed by atoms with Crippen molar-refractivity contribution in [1.29, 1.82) is 0 Å². The second-order valence-electron chi connectivity index (χ2n) is 5.64. The second kappa shape index (κ2) is 12.7. The predicted octanol–water partition coefficient (Wildman–Crippen LogP) is 4.22.